The van der Waals surface area contributed by atoms with E-state index in [1.54, 1.807) is 11.0 Å². The predicted octanol–water partition coefficient (Wildman–Crippen LogP) is 1.08. The molecule has 2 aliphatic rings. The molecule has 3 aromatic heterocycles. The Kier molecular flexibility index (Phi) is 4.18. The van der Waals surface area contributed by atoms with E-state index in [4.69, 9.17) is 0 Å². The zero-order valence-corrected chi connectivity index (χ0v) is 15.8. The Bertz CT molecular complexity index is 961. The summed E-state index contributed by atoms with van der Waals surface area (Å²) < 4.78 is 3.77. The highest BCUT2D eigenvalue weighted by Gasteiger charge is 2.30. The second kappa shape index (κ2) is 6.84. The number of carbonyl (C=O) groups excluding carboxylic acids is 1. The van der Waals surface area contributed by atoms with Crippen molar-refractivity contribution in [2.45, 2.75) is 44.1 Å². The molecule has 0 bridgehead atoms. The van der Waals surface area contributed by atoms with Gasteiger partial charge in [0, 0.05) is 37.7 Å². The van der Waals surface area contributed by atoms with Crippen molar-refractivity contribution < 1.29 is 4.79 Å². The summed E-state index contributed by atoms with van der Waals surface area (Å²) in [6.45, 7) is 1.96. The summed E-state index contributed by atoms with van der Waals surface area (Å²) in [7, 11) is 1.99. The number of nitrogens with one attached hydrogen (secondary N) is 1. The van der Waals surface area contributed by atoms with Gasteiger partial charge in [0.1, 0.15) is 30.7 Å². The van der Waals surface area contributed by atoms with E-state index in [9.17, 15) is 4.79 Å². The molecule has 5 rings (SSSR count). The van der Waals surface area contributed by atoms with Gasteiger partial charge in [-0.25, -0.2) is 9.67 Å². The molecule has 10 heteroatoms. The van der Waals surface area contributed by atoms with Crippen molar-refractivity contribution in [3.63, 3.8) is 0 Å². The van der Waals surface area contributed by atoms with E-state index in [1.165, 1.54) is 19.2 Å². The quantitative estimate of drug-likeness (QED) is 0.708. The highest BCUT2D eigenvalue weighted by atomic mass is 16.2. The fraction of sp³-hybridized carbons (Fsp3) is 0.556. The van der Waals surface area contributed by atoms with Gasteiger partial charge in [-0.15, -0.1) is 10.2 Å². The molecule has 1 aliphatic carbocycles. The molecule has 0 radical (unpaired) electrons. The third-order valence-electron chi connectivity index (χ3n) is 5.75. The Morgan fingerprint density at radius 1 is 1.18 bits per heavy atom. The number of H-pyrrole nitrogens is 1. The molecule has 1 aliphatic heterocycles. The van der Waals surface area contributed by atoms with E-state index in [0.29, 0.717) is 37.2 Å². The molecule has 1 saturated carbocycles. The molecule has 146 valence electrons. The number of nitrogens with zero attached hydrogens (tertiary/aromatic N) is 8. The minimum atomic E-state index is 0.0198. The number of likely N-dealkylation sites (tertiary alicyclic amines) is 1. The van der Waals surface area contributed by atoms with E-state index in [1.807, 2.05) is 22.6 Å². The van der Waals surface area contributed by atoms with Crippen LogP contribution >= 0.6 is 0 Å². The summed E-state index contributed by atoms with van der Waals surface area (Å²) in [5, 5.41) is 20.1. The summed E-state index contributed by atoms with van der Waals surface area (Å²) in [4.78, 5) is 18.6. The maximum absolute atomic E-state index is 12.7. The zero-order chi connectivity index (χ0) is 19.1. The van der Waals surface area contributed by atoms with Crippen LogP contribution in [0.3, 0.4) is 0 Å². The van der Waals surface area contributed by atoms with Crippen molar-refractivity contribution >= 4 is 5.91 Å². The average Bonchev–Trinajstić information content (AvgIpc) is 3.10. The molecular formula is C18H23N9O. The lowest BCUT2D eigenvalue weighted by molar-refractivity contribution is 0.0704. The van der Waals surface area contributed by atoms with Gasteiger partial charge < -0.3 is 9.47 Å². The smallest absolute Gasteiger partial charge is 0.274 e. The summed E-state index contributed by atoms with van der Waals surface area (Å²) in [5.41, 5.74) is 1.63. The third kappa shape index (κ3) is 3.19. The molecular weight excluding hydrogens is 358 g/mol. The second-order valence-corrected chi connectivity index (χ2v) is 7.68. The van der Waals surface area contributed by atoms with E-state index in [2.05, 4.69) is 30.5 Å². The molecule has 0 aromatic carbocycles. The molecule has 1 N–H and O–H groups in total. The number of hydrogen-bond acceptors (Lipinski definition) is 6. The lowest BCUT2D eigenvalue weighted by Crippen LogP contribution is -2.38. The third-order valence-corrected chi connectivity index (χ3v) is 5.75. The highest BCUT2D eigenvalue weighted by molar-refractivity contribution is 5.92. The van der Waals surface area contributed by atoms with Crippen molar-refractivity contribution in [3.05, 3.63) is 41.8 Å². The van der Waals surface area contributed by atoms with Gasteiger partial charge in [-0.3, -0.25) is 9.89 Å². The van der Waals surface area contributed by atoms with Crippen LogP contribution in [0, 0.1) is 0 Å². The Balaban J connectivity index is 1.22. The van der Waals surface area contributed by atoms with Crippen LogP contribution < -0.4 is 0 Å². The van der Waals surface area contributed by atoms with Gasteiger partial charge in [-0.05, 0) is 31.7 Å². The molecule has 4 heterocycles. The van der Waals surface area contributed by atoms with Gasteiger partial charge in [-0.1, -0.05) is 0 Å². The normalized spacial score (nSPS) is 18.0. The first-order chi connectivity index (χ1) is 13.7. The maximum Gasteiger partial charge on any atom is 0.274 e. The number of carbonyl (C=O) groups is 1. The summed E-state index contributed by atoms with van der Waals surface area (Å²) in [6, 6.07) is 1.92. The maximum atomic E-state index is 12.7. The number of amides is 1. The van der Waals surface area contributed by atoms with Gasteiger partial charge >= 0.3 is 0 Å². The summed E-state index contributed by atoms with van der Waals surface area (Å²) >= 11 is 0. The molecule has 3 aromatic rings. The molecule has 10 nitrogen and oxygen atoms in total. The van der Waals surface area contributed by atoms with Crippen molar-refractivity contribution in [2.24, 2.45) is 7.05 Å². The molecule has 1 saturated heterocycles. The van der Waals surface area contributed by atoms with Crippen molar-refractivity contribution in [3.8, 4) is 0 Å². The van der Waals surface area contributed by atoms with Crippen LogP contribution in [0.2, 0.25) is 0 Å². The number of aromatic amines is 1. The van der Waals surface area contributed by atoms with Gasteiger partial charge in [0.25, 0.3) is 5.91 Å². The van der Waals surface area contributed by atoms with Crippen LogP contribution in [-0.4, -0.2) is 63.6 Å². The fourth-order valence-corrected chi connectivity index (χ4v) is 3.88. The molecule has 28 heavy (non-hydrogen) atoms. The minimum Gasteiger partial charge on any atom is -0.337 e. The molecule has 1 amide bonds. The number of rotatable bonds is 5. The first kappa shape index (κ1) is 17.1. The standard InChI is InChI=1S/C18H23N9O/c1-25-16(9-27-11-19-10-20-27)23-24-17(25)13-4-6-26(7-5-13)18(28)15-8-14(21-22-15)12-2-3-12/h8,10-13H,2-7,9H2,1H3,(H,21,22). The predicted molar refractivity (Wildman–Crippen MR) is 98.6 cm³/mol. The molecule has 0 atom stereocenters. The van der Waals surface area contributed by atoms with E-state index < -0.39 is 0 Å². The highest BCUT2D eigenvalue weighted by Crippen LogP contribution is 2.39. The fourth-order valence-electron chi connectivity index (χ4n) is 3.88. The van der Waals surface area contributed by atoms with Gasteiger partial charge in [0.05, 0.1) is 0 Å². The Morgan fingerprint density at radius 3 is 2.71 bits per heavy atom. The van der Waals surface area contributed by atoms with Gasteiger partial charge in [-0.2, -0.15) is 10.2 Å². The van der Waals surface area contributed by atoms with Crippen LogP contribution in [0.4, 0.5) is 0 Å². The van der Waals surface area contributed by atoms with Crippen LogP contribution in [0.1, 0.15) is 65.4 Å². The Hall–Kier alpha value is -3.04. The molecule has 0 spiro atoms. The summed E-state index contributed by atoms with van der Waals surface area (Å²) in [6.07, 6.45) is 7.32. The number of aromatic nitrogens is 8. The van der Waals surface area contributed by atoms with Gasteiger partial charge in [0.2, 0.25) is 0 Å². The Labute approximate surface area is 162 Å². The lowest BCUT2D eigenvalue weighted by Gasteiger charge is -2.31. The van der Waals surface area contributed by atoms with Gasteiger partial charge in [0.15, 0.2) is 5.82 Å². The molecule has 2 fully saturated rings. The first-order valence-electron chi connectivity index (χ1n) is 9.74. The average molecular weight is 381 g/mol. The monoisotopic (exact) mass is 381 g/mol. The van der Waals surface area contributed by atoms with Crippen molar-refractivity contribution in [1.82, 2.24) is 44.6 Å². The number of hydrogen-bond donors (Lipinski definition) is 1. The SMILES string of the molecule is Cn1c(Cn2cncn2)nnc1C1CCN(C(=O)c2cc(C3CC3)[nH]n2)CC1. The van der Waals surface area contributed by atoms with Crippen LogP contribution in [-0.2, 0) is 13.6 Å². The molecule has 0 unspecified atom stereocenters. The largest absolute Gasteiger partial charge is 0.337 e. The Morgan fingerprint density at radius 2 is 2.00 bits per heavy atom. The second-order valence-electron chi connectivity index (χ2n) is 7.68. The van der Waals surface area contributed by atoms with E-state index >= 15 is 0 Å². The van der Waals surface area contributed by atoms with Crippen LogP contribution in [0.15, 0.2) is 18.7 Å². The topological polar surface area (TPSA) is 110 Å². The summed E-state index contributed by atoms with van der Waals surface area (Å²) in [5.74, 6) is 2.71. The van der Waals surface area contributed by atoms with Crippen molar-refractivity contribution in [2.75, 3.05) is 13.1 Å². The minimum absolute atomic E-state index is 0.0198. The lowest BCUT2D eigenvalue weighted by atomic mass is 9.95. The van der Waals surface area contributed by atoms with Crippen molar-refractivity contribution in [1.29, 1.82) is 0 Å². The zero-order valence-electron chi connectivity index (χ0n) is 15.8. The number of piperidine rings is 1. The van der Waals surface area contributed by atoms with Crippen LogP contribution in [0.5, 0.6) is 0 Å². The van der Waals surface area contributed by atoms with Crippen LogP contribution in [0.25, 0.3) is 0 Å². The van der Waals surface area contributed by atoms with E-state index in [0.717, 1.165) is 30.2 Å². The van der Waals surface area contributed by atoms with E-state index in [-0.39, 0.29) is 5.91 Å². The first-order valence-corrected chi connectivity index (χ1v) is 9.74.